The minimum atomic E-state index is -0.426. The Kier molecular flexibility index (Phi) is 4.07. The first kappa shape index (κ1) is 15.7. The van der Waals surface area contributed by atoms with Gasteiger partial charge < -0.3 is 10.2 Å². The van der Waals surface area contributed by atoms with Crippen molar-refractivity contribution < 1.29 is 9.59 Å². The van der Waals surface area contributed by atoms with Crippen LogP contribution in [0.15, 0.2) is 24.3 Å². The average molecular weight is 326 g/mol. The highest BCUT2D eigenvalue weighted by Crippen LogP contribution is 2.49. The molecule has 3 aliphatic rings. The van der Waals surface area contributed by atoms with Gasteiger partial charge in [0.2, 0.25) is 0 Å². The number of amides is 2. The molecule has 128 valence electrons. The summed E-state index contributed by atoms with van der Waals surface area (Å²) in [6, 6.07) is 8.28. The predicted molar refractivity (Wildman–Crippen MR) is 92.1 cm³/mol. The summed E-state index contributed by atoms with van der Waals surface area (Å²) in [6.07, 6.45) is 6.02. The minimum Gasteiger partial charge on any atom is -0.345 e. The van der Waals surface area contributed by atoms with Crippen molar-refractivity contribution in [2.45, 2.75) is 51.6 Å². The Balaban J connectivity index is 1.36. The zero-order chi connectivity index (χ0) is 16.7. The third kappa shape index (κ3) is 2.83. The second-order valence-electron chi connectivity index (χ2n) is 7.85. The topological polar surface area (TPSA) is 49.4 Å². The molecular formula is C20H26N2O2. The molecule has 1 aliphatic heterocycles. The lowest BCUT2D eigenvalue weighted by Crippen LogP contribution is -2.49. The van der Waals surface area contributed by atoms with E-state index >= 15 is 0 Å². The number of nitrogens with zero attached hydrogens (tertiary/aromatic N) is 1. The van der Waals surface area contributed by atoms with Crippen molar-refractivity contribution in [2.24, 2.45) is 17.8 Å². The summed E-state index contributed by atoms with van der Waals surface area (Å²) in [5.41, 5.74) is 2.45. The molecule has 1 heterocycles. The van der Waals surface area contributed by atoms with Crippen molar-refractivity contribution in [3.05, 3.63) is 35.4 Å². The van der Waals surface area contributed by atoms with E-state index in [2.05, 4.69) is 18.3 Å². The zero-order valence-corrected chi connectivity index (χ0v) is 14.3. The molecule has 0 saturated heterocycles. The second kappa shape index (κ2) is 6.23. The molecule has 1 N–H and O–H groups in total. The van der Waals surface area contributed by atoms with Gasteiger partial charge in [0.25, 0.3) is 0 Å². The van der Waals surface area contributed by atoms with Crippen molar-refractivity contribution in [3.8, 4) is 0 Å². The lowest BCUT2D eigenvalue weighted by molar-refractivity contribution is -0.147. The molecule has 2 saturated carbocycles. The predicted octanol–water partition coefficient (Wildman–Crippen LogP) is 2.51. The van der Waals surface area contributed by atoms with Crippen LogP contribution in [0.3, 0.4) is 0 Å². The highest BCUT2D eigenvalue weighted by atomic mass is 16.2. The fourth-order valence-electron chi connectivity index (χ4n) is 5.09. The summed E-state index contributed by atoms with van der Waals surface area (Å²) >= 11 is 0. The molecule has 0 aromatic heterocycles. The Bertz CT molecular complexity index is 657. The third-order valence-electron chi connectivity index (χ3n) is 6.41. The molecule has 0 spiro atoms. The maximum Gasteiger partial charge on any atom is 0.312 e. The van der Waals surface area contributed by atoms with E-state index in [9.17, 15) is 9.59 Å². The summed E-state index contributed by atoms with van der Waals surface area (Å²) in [5.74, 6) is 1.36. The molecule has 4 unspecified atom stereocenters. The van der Waals surface area contributed by atoms with Crippen LogP contribution in [0.2, 0.25) is 0 Å². The maximum absolute atomic E-state index is 12.5. The molecular weight excluding hydrogens is 300 g/mol. The van der Waals surface area contributed by atoms with Crippen LogP contribution in [-0.4, -0.2) is 29.3 Å². The number of hydrogen-bond donors (Lipinski definition) is 1. The summed E-state index contributed by atoms with van der Waals surface area (Å²) in [6.45, 7) is 3.25. The van der Waals surface area contributed by atoms with Gasteiger partial charge in [-0.15, -0.1) is 0 Å². The van der Waals surface area contributed by atoms with Gasteiger partial charge in [-0.2, -0.15) is 0 Å². The Hall–Kier alpha value is -1.84. The number of nitrogens with one attached hydrogen (secondary N) is 1. The largest absolute Gasteiger partial charge is 0.345 e. The molecule has 4 atom stereocenters. The number of carbonyl (C=O) groups is 2. The van der Waals surface area contributed by atoms with E-state index in [1.807, 2.05) is 18.2 Å². The molecule has 1 aromatic carbocycles. The van der Waals surface area contributed by atoms with E-state index in [1.54, 1.807) is 4.90 Å². The van der Waals surface area contributed by atoms with Gasteiger partial charge in [-0.25, -0.2) is 0 Å². The molecule has 4 rings (SSSR count). The molecule has 24 heavy (non-hydrogen) atoms. The van der Waals surface area contributed by atoms with E-state index in [4.69, 9.17) is 0 Å². The van der Waals surface area contributed by atoms with Gasteiger partial charge in [0.05, 0.1) is 0 Å². The number of rotatable bonds is 2. The fraction of sp³-hybridized carbons (Fsp3) is 0.600. The minimum absolute atomic E-state index is 0.105. The molecule has 1 aromatic rings. The van der Waals surface area contributed by atoms with Crippen LogP contribution in [0.5, 0.6) is 0 Å². The highest BCUT2D eigenvalue weighted by Gasteiger charge is 2.42. The quantitative estimate of drug-likeness (QED) is 0.849. The van der Waals surface area contributed by atoms with Crippen molar-refractivity contribution in [3.63, 3.8) is 0 Å². The van der Waals surface area contributed by atoms with Gasteiger partial charge in [-0.1, -0.05) is 30.7 Å². The van der Waals surface area contributed by atoms with Crippen LogP contribution >= 0.6 is 0 Å². The van der Waals surface area contributed by atoms with E-state index in [0.29, 0.717) is 19.0 Å². The molecule has 2 amide bonds. The molecule has 4 nitrogen and oxygen atoms in total. The van der Waals surface area contributed by atoms with Gasteiger partial charge in [0.1, 0.15) is 0 Å². The van der Waals surface area contributed by atoms with E-state index in [0.717, 1.165) is 23.8 Å². The van der Waals surface area contributed by atoms with Gasteiger partial charge in [-0.05, 0) is 61.5 Å². The Morgan fingerprint density at radius 3 is 2.67 bits per heavy atom. The van der Waals surface area contributed by atoms with Crippen molar-refractivity contribution >= 4 is 11.8 Å². The summed E-state index contributed by atoms with van der Waals surface area (Å²) in [7, 11) is 0. The number of fused-ring (bicyclic) bond motifs is 3. The number of hydrogen-bond acceptors (Lipinski definition) is 2. The Labute approximate surface area is 143 Å². The van der Waals surface area contributed by atoms with Crippen molar-refractivity contribution in [1.82, 2.24) is 10.2 Å². The normalized spacial score (nSPS) is 29.2. The van der Waals surface area contributed by atoms with E-state index < -0.39 is 5.91 Å². The van der Waals surface area contributed by atoms with Crippen LogP contribution in [0.1, 0.15) is 43.7 Å². The van der Waals surface area contributed by atoms with Gasteiger partial charge >= 0.3 is 11.8 Å². The molecule has 4 heteroatoms. The first-order valence-electron chi connectivity index (χ1n) is 9.28. The van der Waals surface area contributed by atoms with Gasteiger partial charge in [-0.3, -0.25) is 9.59 Å². The summed E-state index contributed by atoms with van der Waals surface area (Å²) in [5, 5.41) is 3.00. The van der Waals surface area contributed by atoms with Crippen LogP contribution in [-0.2, 0) is 22.6 Å². The summed E-state index contributed by atoms with van der Waals surface area (Å²) in [4.78, 5) is 26.6. The second-order valence-corrected chi connectivity index (χ2v) is 7.85. The smallest absolute Gasteiger partial charge is 0.312 e. The lowest BCUT2D eigenvalue weighted by atomic mass is 9.84. The fourth-order valence-corrected chi connectivity index (χ4v) is 5.09. The number of benzene rings is 1. The first-order chi connectivity index (χ1) is 11.6. The average Bonchev–Trinajstić information content (AvgIpc) is 3.24. The van der Waals surface area contributed by atoms with Crippen LogP contribution in [0.4, 0.5) is 0 Å². The van der Waals surface area contributed by atoms with Crippen molar-refractivity contribution in [2.75, 3.05) is 6.54 Å². The molecule has 2 fully saturated rings. The zero-order valence-electron chi connectivity index (χ0n) is 14.3. The van der Waals surface area contributed by atoms with E-state index in [-0.39, 0.29) is 11.9 Å². The molecule has 2 aliphatic carbocycles. The first-order valence-corrected chi connectivity index (χ1v) is 9.28. The van der Waals surface area contributed by atoms with Crippen LogP contribution in [0.25, 0.3) is 0 Å². The Morgan fingerprint density at radius 2 is 1.96 bits per heavy atom. The van der Waals surface area contributed by atoms with Crippen molar-refractivity contribution in [1.29, 1.82) is 0 Å². The van der Waals surface area contributed by atoms with Crippen LogP contribution < -0.4 is 5.32 Å². The standard InChI is InChI=1S/C20H26N2O2/c1-13(18-11-14-6-7-16(18)10-14)21-19(23)20(24)22-9-8-15-4-2-3-5-17(15)12-22/h2-5,13-14,16,18H,6-12H2,1H3,(H,21,23). The number of carbonyl (C=O) groups excluding carboxylic acids is 2. The van der Waals surface area contributed by atoms with Crippen LogP contribution in [0, 0.1) is 17.8 Å². The molecule has 0 radical (unpaired) electrons. The summed E-state index contributed by atoms with van der Waals surface area (Å²) < 4.78 is 0. The lowest BCUT2D eigenvalue weighted by Gasteiger charge is -2.31. The highest BCUT2D eigenvalue weighted by molar-refractivity contribution is 6.35. The third-order valence-corrected chi connectivity index (χ3v) is 6.41. The van der Waals surface area contributed by atoms with E-state index in [1.165, 1.54) is 31.2 Å². The molecule has 2 bridgehead atoms. The Morgan fingerprint density at radius 1 is 1.17 bits per heavy atom. The SMILES string of the molecule is CC(NC(=O)C(=O)N1CCc2ccccc2C1)C1CC2CCC1C2. The van der Waals surface area contributed by atoms with Gasteiger partial charge in [0.15, 0.2) is 0 Å². The maximum atomic E-state index is 12.5. The van der Waals surface area contributed by atoms with Gasteiger partial charge in [0, 0.05) is 19.1 Å². The monoisotopic (exact) mass is 326 g/mol.